The Morgan fingerprint density at radius 2 is 2.05 bits per heavy atom. The van der Waals surface area contributed by atoms with Crippen molar-refractivity contribution in [1.82, 2.24) is 5.32 Å². The van der Waals surface area contributed by atoms with Crippen molar-refractivity contribution in [2.45, 2.75) is 26.8 Å². The van der Waals surface area contributed by atoms with Crippen molar-refractivity contribution in [3.8, 4) is 5.75 Å². The first-order valence-corrected chi connectivity index (χ1v) is 6.26. The van der Waals surface area contributed by atoms with Crippen molar-refractivity contribution in [1.29, 1.82) is 0 Å². The van der Waals surface area contributed by atoms with Gasteiger partial charge in [0, 0.05) is 18.2 Å². The number of nitrogens with one attached hydrogen (secondary N) is 1. The van der Waals surface area contributed by atoms with Crippen molar-refractivity contribution >= 4 is 18.3 Å². The molecule has 0 aliphatic carbocycles. The maximum absolute atomic E-state index is 11.9. The van der Waals surface area contributed by atoms with Crippen LogP contribution >= 0.6 is 12.4 Å². The predicted molar refractivity (Wildman–Crippen MR) is 80.0 cm³/mol. The Balaban J connectivity index is 0.00000324. The van der Waals surface area contributed by atoms with E-state index in [-0.39, 0.29) is 24.4 Å². The molecule has 0 bridgehead atoms. The smallest absolute Gasteiger partial charge is 0.251 e. The molecule has 1 aromatic carbocycles. The van der Waals surface area contributed by atoms with Gasteiger partial charge in [-0.05, 0) is 31.0 Å². The summed E-state index contributed by atoms with van der Waals surface area (Å²) in [4.78, 5) is 11.9. The minimum Gasteiger partial charge on any atom is -0.493 e. The molecule has 0 heterocycles. The Labute approximate surface area is 121 Å². The summed E-state index contributed by atoms with van der Waals surface area (Å²) in [5, 5.41) is 2.82. The fraction of sp³-hybridized carbons (Fsp3) is 0.500. The molecule has 3 N–H and O–H groups in total. The van der Waals surface area contributed by atoms with Crippen molar-refractivity contribution in [2.24, 2.45) is 11.7 Å². The Morgan fingerprint density at radius 3 is 2.63 bits per heavy atom. The summed E-state index contributed by atoms with van der Waals surface area (Å²) < 4.78 is 5.58. The highest BCUT2D eigenvalue weighted by atomic mass is 35.5. The second-order valence-corrected chi connectivity index (χ2v) is 4.84. The molecule has 1 amide bonds. The van der Waals surface area contributed by atoms with Crippen molar-refractivity contribution < 1.29 is 9.53 Å². The molecular weight excluding hydrogens is 264 g/mol. The quantitative estimate of drug-likeness (QED) is 0.843. The second kappa shape index (κ2) is 8.77. The SMILES string of the molecule is CC(C)COc1cccc(C(=O)N[C@@H](C)CN)c1.Cl. The standard InChI is InChI=1S/C14H22N2O2.ClH/c1-10(2)9-18-13-6-4-5-12(7-13)14(17)16-11(3)8-15;/h4-7,10-11H,8-9,15H2,1-3H3,(H,16,17);1H/t11-;/m0./s1. The number of halogens is 1. The number of hydrogen-bond acceptors (Lipinski definition) is 3. The number of rotatable bonds is 6. The van der Waals surface area contributed by atoms with Crippen LogP contribution in [0.2, 0.25) is 0 Å². The lowest BCUT2D eigenvalue weighted by atomic mass is 10.2. The van der Waals surface area contributed by atoms with Gasteiger partial charge in [-0.3, -0.25) is 4.79 Å². The third-order valence-corrected chi connectivity index (χ3v) is 2.41. The third-order valence-electron chi connectivity index (χ3n) is 2.41. The van der Waals surface area contributed by atoms with E-state index in [1.54, 1.807) is 12.1 Å². The molecule has 0 spiro atoms. The summed E-state index contributed by atoms with van der Waals surface area (Å²) in [6.07, 6.45) is 0. The van der Waals surface area contributed by atoms with Gasteiger partial charge in [0.15, 0.2) is 0 Å². The lowest BCUT2D eigenvalue weighted by Crippen LogP contribution is -2.37. The highest BCUT2D eigenvalue weighted by molar-refractivity contribution is 5.94. The van der Waals surface area contributed by atoms with Gasteiger partial charge in [-0.2, -0.15) is 0 Å². The highest BCUT2D eigenvalue weighted by Gasteiger charge is 2.09. The van der Waals surface area contributed by atoms with Crippen LogP contribution in [0.3, 0.4) is 0 Å². The number of carbonyl (C=O) groups is 1. The van der Waals surface area contributed by atoms with Crippen molar-refractivity contribution in [3.63, 3.8) is 0 Å². The van der Waals surface area contributed by atoms with Gasteiger partial charge in [-0.15, -0.1) is 12.4 Å². The number of hydrogen-bond donors (Lipinski definition) is 2. The van der Waals surface area contributed by atoms with Crippen LogP contribution in [0.4, 0.5) is 0 Å². The number of carbonyl (C=O) groups excluding carboxylic acids is 1. The van der Waals surface area contributed by atoms with Gasteiger partial charge in [0.1, 0.15) is 5.75 Å². The van der Waals surface area contributed by atoms with Crippen LogP contribution in [0.1, 0.15) is 31.1 Å². The lowest BCUT2D eigenvalue weighted by molar-refractivity contribution is 0.0940. The number of benzene rings is 1. The summed E-state index contributed by atoms with van der Waals surface area (Å²) in [5.41, 5.74) is 6.06. The Kier molecular flexibility index (Phi) is 8.19. The van der Waals surface area contributed by atoms with Gasteiger partial charge in [0.05, 0.1) is 6.61 Å². The zero-order valence-corrected chi connectivity index (χ0v) is 12.5. The van der Waals surface area contributed by atoms with E-state index in [1.165, 1.54) is 0 Å². The first-order chi connectivity index (χ1) is 8.52. The molecule has 4 nitrogen and oxygen atoms in total. The molecule has 108 valence electrons. The molecule has 0 saturated carbocycles. The van der Waals surface area contributed by atoms with Crippen LogP contribution in [-0.4, -0.2) is 25.1 Å². The molecular formula is C14H23ClN2O2. The van der Waals surface area contributed by atoms with Gasteiger partial charge in [-0.1, -0.05) is 19.9 Å². The van der Waals surface area contributed by atoms with Gasteiger partial charge in [-0.25, -0.2) is 0 Å². The minimum absolute atomic E-state index is 0. The molecule has 0 aromatic heterocycles. The Hall–Kier alpha value is -1.26. The van der Waals surface area contributed by atoms with Gasteiger partial charge >= 0.3 is 0 Å². The van der Waals surface area contributed by atoms with Crippen molar-refractivity contribution in [2.75, 3.05) is 13.2 Å². The van der Waals surface area contributed by atoms with Crippen molar-refractivity contribution in [3.05, 3.63) is 29.8 Å². The first-order valence-electron chi connectivity index (χ1n) is 6.26. The summed E-state index contributed by atoms with van der Waals surface area (Å²) in [6.45, 7) is 7.11. The van der Waals surface area contributed by atoms with Crippen LogP contribution < -0.4 is 15.8 Å². The molecule has 1 aromatic rings. The fourth-order valence-corrected chi connectivity index (χ4v) is 1.36. The van der Waals surface area contributed by atoms with E-state index < -0.39 is 0 Å². The summed E-state index contributed by atoms with van der Waals surface area (Å²) in [6, 6.07) is 7.16. The topological polar surface area (TPSA) is 64.3 Å². The molecule has 0 saturated heterocycles. The van der Waals surface area contributed by atoms with Gasteiger partial charge < -0.3 is 15.8 Å². The summed E-state index contributed by atoms with van der Waals surface area (Å²) in [7, 11) is 0. The number of nitrogens with two attached hydrogens (primary N) is 1. The van der Waals surface area contributed by atoms with Crippen LogP contribution in [0.15, 0.2) is 24.3 Å². The molecule has 0 aliphatic heterocycles. The van der Waals surface area contributed by atoms with Crippen LogP contribution in [0.25, 0.3) is 0 Å². The van der Waals surface area contributed by atoms with Crippen LogP contribution in [-0.2, 0) is 0 Å². The third kappa shape index (κ3) is 6.45. The van der Waals surface area contributed by atoms with E-state index in [0.29, 0.717) is 24.6 Å². The molecule has 19 heavy (non-hydrogen) atoms. The molecule has 0 unspecified atom stereocenters. The molecule has 0 aliphatic rings. The largest absolute Gasteiger partial charge is 0.493 e. The fourth-order valence-electron chi connectivity index (χ4n) is 1.36. The molecule has 0 fully saturated rings. The Bertz CT molecular complexity index is 397. The second-order valence-electron chi connectivity index (χ2n) is 4.84. The predicted octanol–water partition coefficient (Wildman–Crippen LogP) is 2.22. The van der Waals surface area contributed by atoms with E-state index in [0.717, 1.165) is 5.75 Å². The normalized spacial score (nSPS) is 11.6. The average Bonchev–Trinajstić information content (AvgIpc) is 2.36. The molecule has 0 radical (unpaired) electrons. The van der Waals surface area contributed by atoms with E-state index in [4.69, 9.17) is 10.5 Å². The summed E-state index contributed by atoms with van der Waals surface area (Å²) in [5.74, 6) is 1.06. The van der Waals surface area contributed by atoms with Crippen LogP contribution in [0, 0.1) is 5.92 Å². The number of ether oxygens (including phenoxy) is 1. The molecule has 1 atom stereocenters. The zero-order valence-electron chi connectivity index (χ0n) is 11.7. The van der Waals surface area contributed by atoms with Gasteiger partial charge in [0.2, 0.25) is 0 Å². The minimum atomic E-state index is -0.122. The van der Waals surface area contributed by atoms with Gasteiger partial charge in [0.25, 0.3) is 5.91 Å². The highest BCUT2D eigenvalue weighted by Crippen LogP contribution is 2.14. The summed E-state index contributed by atoms with van der Waals surface area (Å²) >= 11 is 0. The average molecular weight is 287 g/mol. The van der Waals surface area contributed by atoms with Crippen LogP contribution in [0.5, 0.6) is 5.75 Å². The Morgan fingerprint density at radius 1 is 1.37 bits per heavy atom. The first kappa shape index (κ1) is 17.7. The van der Waals surface area contributed by atoms with E-state index in [2.05, 4.69) is 19.2 Å². The zero-order chi connectivity index (χ0) is 13.5. The monoisotopic (exact) mass is 286 g/mol. The van der Waals surface area contributed by atoms with E-state index in [1.807, 2.05) is 19.1 Å². The van der Waals surface area contributed by atoms with E-state index in [9.17, 15) is 4.79 Å². The lowest BCUT2D eigenvalue weighted by Gasteiger charge is -2.13. The molecule has 1 rings (SSSR count). The maximum atomic E-state index is 11.9. The molecule has 5 heteroatoms. The van der Waals surface area contributed by atoms with E-state index >= 15 is 0 Å². The number of amides is 1. The maximum Gasteiger partial charge on any atom is 0.251 e.